The third-order valence-corrected chi connectivity index (χ3v) is 6.30. The van der Waals surface area contributed by atoms with Crippen molar-refractivity contribution in [1.82, 2.24) is 14.5 Å². The van der Waals surface area contributed by atoms with Gasteiger partial charge in [-0.15, -0.1) is 0 Å². The van der Waals surface area contributed by atoms with Gasteiger partial charge in [-0.2, -0.15) is 18.3 Å². The van der Waals surface area contributed by atoms with E-state index in [1.807, 2.05) is 29.9 Å². The van der Waals surface area contributed by atoms with Crippen molar-refractivity contribution in [3.05, 3.63) is 89.5 Å². The summed E-state index contributed by atoms with van der Waals surface area (Å²) in [7, 11) is 3.29. The number of methoxy groups -OCH3 is 1. The van der Waals surface area contributed by atoms with Crippen LogP contribution in [0.5, 0.6) is 0 Å². The number of benzene rings is 2. The van der Waals surface area contributed by atoms with E-state index in [2.05, 4.69) is 10.4 Å². The molecule has 0 saturated heterocycles. The first-order valence-corrected chi connectivity index (χ1v) is 12.1. The Morgan fingerprint density at radius 2 is 1.79 bits per heavy atom. The van der Waals surface area contributed by atoms with Crippen molar-refractivity contribution in [1.29, 1.82) is 0 Å². The minimum Gasteiger partial charge on any atom is -0.383 e. The number of amides is 3. The molecule has 0 saturated carbocycles. The minimum atomic E-state index is -4.50. The highest BCUT2D eigenvalue weighted by Gasteiger charge is 2.35. The Morgan fingerprint density at radius 1 is 1.10 bits per heavy atom. The fourth-order valence-electron chi connectivity index (χ4n) is 4.24. The number of hydrazone groups is 1. The van der Waals surface area contributed by atoms with Crippen LogP contribution in [0, 0.1) is 5.82 Å². The zero-order valence-corrected chi connectivity index (χ0v) is 21.3. The average molecular weight is 546 g/mol. The lowest BCUT2D eigenvalue weighted by molar-refractivity contribution is -0.137. The number of anilines is 1. The first kappa shape index (κ1) is 27.8. The molecule has 0 spiro atoms. The van der Waals surface area contributed by atoms with Crippen LogP contribution in [-0.2, 0) is 22.8 Å². The zero-order chi connectivity index (χ0) is 28.2. The van der Waals surface area contributed by atoms with Crippen LogP contribution in [0.1, 0.15) is 29.3 Å². The van der Waals surface area contributed by atoms with Crippen molar-refractivity contribution in [2.24, 2.45) is 12.1 Å². The molecule has 39 heavy (non-hydrogen) atoms. The van der Waals surface area contributed by atoms with Crippen LogP contribution in [0.3, 0.4) is 0 Å². The molecule has 1 aliphatic rings. The molecule has 206 valence electrons. The molecule has 12 heteroatoms. The second kappa shape index (κ2) is 11.7. The van der Waals surface area contributed by atoms with Crippen molar-refractivity contribution >= 4 is 23.3 Å². The van der Waals surface area contributed by atoms with E-state index in [9.17, 15) is 27.2 Å². The van der Waals surface area contributed by atoms with E-state index >= 15 is 0 Å². The van der Waals surface area contributed by atoms with Gasteiger partial charge >= 0.3 is 12.2 Å². The van der Waals surface area contributed by atoms with E-state index in [0.29, 0.717) is 17.7 Å². The van der Waals surface area contributed by atoms with Crippen LogP contribution in [0.4, 0.5) is 28.0 Å². The van der Waals surface area contributed by atoms with Gasteiger partial charge in [0, 0.05) is 39.0 Å². The number of urea groups is 1. The van der Waals surface area contributed by atoms with E-state index in [4.69, 9.17) is 4.74 Å². The van der Waals surface area contributed by atoms with Gasteiger partial charge in [0.2, 0.25) is 0 Å². The van der Waals surface area contributed by atoms with Crippen molar-refractivity contribution in [2.75, 3.05) is 32.1 Å². The molecular weight excluding hydrogens is 518 g/mol. The topological polar surface area (TPSA) is 79.2 Å². The number of carbonyl (C=O) groups is 2. The number of halogens is 4. The van der Waals surface area contributed by atoms with Gasteiger partial charge < -0.3 is 19.5 Å². The Hall–Kier alpha value is -4.19. The second-order valence-electron chi connectivity index (χ2n) is 8.98. The number of nitrogens with zero attached hydrogens (tertiary/aromatic N) is 4. The minimum absolute atomic E-state index is 0.0398. The SMILES string of the molecule is COCCN(CC(=O)N1N=C(c2cccn2C)C[C@H]1c1ccc(F)cc1)C(=O)Nc1ccc(C(F)(F)F)cc1. The number of ether oxygens (including phenoxy) is 1. The molecule has 3 amide bonds. The van der Waals surface area contributed by atoms with Crippen LogP contribution >= 0.6 is 0 Å². The van der Waals surface area contributed by atoms with Crippen molar-refractivity contribution in [2.45, 2.75) is 18.6 Å². The van der Waals surface area contributed by atoms with Crippen LogP contribution in [0.25, 0.3) is 0 Å². The summed E-state index contributed by atoms with van der Waals surface area (Å²) in [5, 5.41) is 8.39. The fourth-order valence-corrected chi connectivity index (χ4v) is 4.24. The van der Waals surface area contributed by atoms with Crippen LogP contribution < -0.4 is 5.32 Å². The first-order valence-electron chi connectivity index (χ1n) is 12.1. The van der Waals surface area contributed by atoms with Gasteiger partial charge in [0.15, 0.2) is 0 Å². The highest BCUT2D eigenvalue weighted by molar-refractivity contribution is 6.02. The van der Waals surface area contributed by atoms with Gasteiger partial charge in [0.05, 0.1) is 29.6 Å². The van der Waals surface area contributed by atoms with Crippen molar-refractivity contribution < 1.29 is 31.9 Å². The van der Waals surface area contributed by atoms with Crippen molar-refractivity contribution in [3.8, 4) is 0 Å². The largest absolute Gasteiger partial charge is 0.416 e. The maximum atomic E-state index is 13.6. The number of hydrogen-bond donors (Lipinski definition) is 1. The summed E-state index contributed by atoms with van der Waals surface area (Å²) >= 11 is 0. The lowest BCUT2D eigenvalue weighted by Crippen LogP contribution is -2.44. The number of rotatable bonds is 8. The Labute approximate surface area is 222 Å². The predicted octanol–water partition coefficient (Wildman–Crippen LogP) is 5.04. The highest BCUT2D eigenvalue weighted by atomic mass is 19.4. The molecule has 1 aliphatic heterocycles. The van der Waals surface area contributed by atoms with Gasteiger partial charge in [-0.1, -0.05) is 12.1 Å². The molecule has 8 nitrogen and oxygen atoms in total. The predicted molar refractivity (Wildman–Crippen MR) is 136 cm³/mol. The van der Waals surface area contributed by atoms with E-state index in [1.165, 1.54) is 29.2 Å². The van der Waals surface area contributed by atoms with Crippen molar-refractivity contribution in [3.63, 3.8) is 0 Å². The highest BCUT2D eigenvalue weighted by Crippen LogP contribution is 2.33. The summed E-state index contributed by atoms with van der Waals surface area (Å²) in [5.74, 6) is -0.906. The van der Waals surface area contributed by atoms with Gasteiger partial charge in [0.25, 0.3) is 5.91 Å². The number of nitrogens with one attached hydrogen (secondary N) is 1. The maximum Gasteiger partial charge on any atom is 0.416 e. The summed E-state index contributed by atoms with van der Waals surface area (Å²) in [4.78, 5) is 27.7. The van der Waals surface area contributed by atoms with Crippen LogP contribution in [0.15, 0.2) is 72.0 Å². The smallest absolute Gasteiger partial charge is 0.383 e. The van der Waals surface area contributed by atoms with Gasteiger partial charge in [-0.25, -0.2) is 14.2 Å². The molecule has 4 rings (SSSR count). The molecule has 0 unspecified atom stereocenters. The quantitative estimate of drug-likeness (QED) is 0.403. The molecule has 2 aromatic carbocycles. The first-order chi connectivity index (χ1) is 18.6. The number of aromatic nitrogens is 1. The lowest BCUT2D eigenvalue weighted by atomic mass is 10.0. The summed E-state index contributed by atoms with van der Waals surface area (Å²) in [6.07, 6.45) is -2.27. The lowest BCUT2D eigenvalue weighted by Gasteiger charge is -2.27. The van der Waals surface area contributed by atoms with Gasteiger partial charge in [-0.05, 0) is 54.1 Å². The molecule has 0 bridgehead atoms. The Kier molecular flexibility index (Phi) is 8.34. The molecule has 1 aromatic heterocycles. The molecule has 0 fully saturated rings. The number of aryl methyl sites for hydroxylation is 1. The van der Waals surface area contributed by atoms with E-state index in [0.717, 1.165) is 30.0 Å². The van der Waals surface area contributed by atoms with Crippen LogP contribution in [-0.4, -0.2) is 58.9 Å². The summed E-state index contributed by atoms with van der Waals surface area (Å²) in [6.45, 7) is -0.220. The summed E-state index contributed by atoms with van der Waals surface area (Å²) in [6, 6.07) is 12.3. The average Bonchev–Trinajstić information content (AvgIpc) is 3.53. The molecule has 1 atom stereocenters. The molecule has 0 aliphatic carbocycles. The summed E-state index contributed by atoms with van der Waals surface area (Å²) in [5.41, 5.74) is 1.43. The third kappa shape index (κ3) is 6.63. The number of hydrogen-bond acceptors (Lipinski definition) is 4. The van der Waals surface area contributed by atoms with E-state index in [-0.39, 0.29) is 25.4 Å². The molecule has 0 radical (unpaired) electrons. The van der Waals surface area contributed by atoms with Gasteiger partial charge in [-0.3, -0.25) is 4.79 Å². The zero-order valence-electron chi connectivity index (χ0n) is 21.3. The van der Waals surface area contributed by atoms with Crippen LogP contribution in [0.2, 0.25) is 0 Å². The monoisotopic (exact) mass is 545 g/mol. The molecule has 3 aromatic rings. The normalized spacial score (nSPS) is 15.3. The third-order valence-electron chi connectivity index (χ3n) is 6.30. The Bertz CT molecular complexity index is 1340. The fraction of sp³-hybridized carbons (Fsp3) is 0.296. The maximum absolute atomic E-state index is 13.6. The van der Waals surface area contributed by atoms with Gasteiger partial charge in [0.1, 0.15) is 12.4 Å². The second-order valence-corrected chi connectivity index (χ2v) is 8.98. The molecule has 1 N–H and O–H groups in total. The Balaban J connectivity index is 1.55. The molecule has 2 heterocycles. The molecular formula is C27H27F4N5O3. The number of carbonyl (C=O) groups excluding carboxylic acids is 2. The van der Waals surface area contributed by atoms with E-state index in [1.54, 1.807) is 12.1 Å². The Morgan fingerprint density at radius 3 is 2.38 bits per heavy atom. The van der Waals surface area contributed by atoms with E-state index < -0.39 is 35.5 Å². The standard InChI is InChI=1S/C27H27F4N5O3/c1-34-13-3-4-23(34)22-16-24(18-5-9-20(28)10-6-18)36(33-22)25(37)17-35(14-15-39-2)26(38)32-21-11-7-19(8-12-21)27(29,30)31/h3-13,24H,14-17H2,1-2H3,(H,32,38)/t24-/m0/s1. The summed E-state index contributed by atoms with van der Waals surface area (Å²) < 4.78 is 59.2. The number of alkyl halides is 3.